The number of nitrogens with zero attached hydrogens (tertiary/aromatic N) is 7. The molecule has 0 spiro atoms. The van der Waals surface area contributed by atoms with Crippen molar-refractivity contribution in [3.8, 4) is 0 Å². The van der Waals surface area contributed by atoms with Gasteiger partial charge in [0.05, 0.1) is 23.6 Å². The molecule has 4 heterocycles. The smallest absolute Gasteiger partial charge is 0.381 e. The highest BCUT2D eigenvalue weighted by Gasteiger charge is 2.51. The van der Waals surface area contributed by atoms with Crippen LogP contribution in [0.4, 0.5) is 24.8 Å². The summed E-state index contributed by atoms with van der Waals surface area (Å²) < 4.78 is 51.8. The van der Waals surface area contributed by atoms with Crippen LogP contribution in [0.2, 0.25) is 0 Å². The zero-order valence-corrected chi connectivity index (χ0v) is 29.1. The van der Waals surface area contributed by atoms with Gasteiger partial charge in [0.15, 0.2) is 0 Å². The van der Waals surface area contributed by atoms with Gasteiger partial charge in [0.2, 0.25) is 0 Å². The van der Waals surface area contributed by atoms with E-state index in [0.717, 1.165) is 56.7 Å². The van der Waals surface area contributed by atoms with Gasteiger partial charge in [-0.3, -0.25) is 14.6 Å². The van der Waals surface area contributed by atoms with Crippen molar-refractivity contribution in [1.82, 2.24) is 29.5 Å². The van der Waals surface area contributed by atoms with Crippen molar-refractivity contribution < 1.29 is 22.7 Å². The molecule has 2 aliphatic heterocycles. The normalized spacial score (nSPS) is 25.3. The number of ether oxygens (including phenoxy) is 1. The van der Waals surface area contributed by atoms with E-state index in [0.29, 0.717) is 42.5 Å². The average molecular weight is 681 g/mol. The van der Waals surface area contributed by atoms with E-state index < -0.39 is 23.1 Å². The summed E-state index contributed by atoms with van der Waals surface area (Å²) in [5.41, 5.74) is 0.197. The number of aromatic nitrogens is 4. The maximum Gasteiger partial charge on any atom is 0.416 e. The molecule has 2 aromatic heterocycles. The Kier molecular flexibility index (Phi) is 8.98. The van der Waals surface area contributed by atoms with Crippen LogP contribution in [0.25, 0.3) is 0 Å². The highest BCUT2D eigenvalue weighted by Crippen LogP contribution is 2.51. The predicted molar refractivity (Wildman–Crippen MR) is 180 cm³/mol. The van der Waals surface area contributed by atoms with Gasteiger partial charge < -0.3 is 19.5 Å². The lowest BCUT2D eigenvalue weighted by Gasteiger charge is -2.46. The van der Waals surface area contributed by atoms with Crippen molar-refractivity contribution >= 4 is 17.5 Å². The number of methoxy groups -OCH3 is 1. The summed E-state index contributed by atoms with van der Waals surface area (Å²) in [7, 11) is 5.67. The van der Waals surface area contributed by atoms with E-state index in [4.69, 9.17) is 9.72 Å². The van der Waals surface area contributed by atoms with E-state index >= 15 is 0 Å². The summed E-state index contributed by atoms with van der Waals surface area (Å²) >= 11 is 0. The van der Waals surface area contributed by atoms with Crippen LogP contribution in [0.5, 0.6) is 0 Å². The van der Waals surface area contributed by atoms with E-state index in [1.165, 1.54) is 11.0 Å². The average Bonchev–Trinajstić information content (AvgIpc) is 3.78. The molecular formula is C36H47F3N8O2. The van der Waals surface area contributed by atoms with Crippen LogP contribution in [-0.2, 0) is 36.5 Å². The van der Waals surface area contributed by atoms with Crippen LogP contribution in [0.15, 0.2) is 30.6 Å². The number of hydrogen-bond donors (Lipinski definition) is 1. The lowest BCUT2D eigenvalue weighted by molar-refractivity contribution is -0.138. The summed E-state index contributed by atoms with van der Waals surface area (Å²) in [5, 5.41) is 12.2. The van der Waals surface area contributed by atoms with E-state index in [1.807, 2.05) is 23.7 Å². The van der Waals surface area contributed by atoms with Crippen LogP contribution in [-0.4, -0.2) is 87.4 Å². The second-order valence-corrected chi connectivity index (χ2v) is 14.9. The maximum atomic E-state index is 14.7. The number of pyridine rings is 1. The number of aryl methyl sites for hydroxylation is 1. The molecule has 1 saturated heterocycles. The van der Waals surface area contributed by atoms with Gasteiger partial charge in [-0.25, -0.2) is 4.98 Å². The third-order valence-corrected chi connectivity index (χ3v) is 11.3. The molecule has 2 saturated carbocycles. The van der Waals surface area contributed by atoms with Crippen molar-refractivity contribution in [1.29, 1.82) is 0 Å². The molecule has 4 aliphatic rings. The first-order valence-corrected chi connectivity index (χ1v) is 17.5. The van der Waals surface area contributed by atoms with E-state index in [9.17, 15) is 18.0 Å². The minimum Gasteiger partial charge on any atom is -0.381 e. The number of nitrogens with one attached hydrogen (secondary N) is 1. The third kappa shape index (κ3) is 6.33. The molecule has 3 fully saturated rings. The van der Waals surface area contributed by atoms with E-state index in [-0.39, 0.29) is 35.9 Å². The Morgan fingerprint density at radius 3 is 2.49 bits per heavy atom. The summed E-state index contributed by atoms with van der Waals surface area (Å²) in [6, 6.07) is 7.25. The van der Waals surface area contributed by atoms with Crippen molar-refractivity contribution in [3.05, 3.63) is 64.2 Å². The number of rotatable bonds is 9. The van der Waals surface area contributed by atoms with Gasteiger partial charge in [-0.2, -0.15) is 13.2 Å². The largest absolute Gasteiger partial charge is 0.416 e. The summed E-state index contributed by atoms with van der Waals surface area (Å²) in [5.74, 6) is 1.58. The molecule has 264 valence electrons. The molecule has 1 N–H and O–H groups in total. The number of carbonyl (C=O) groups excluding carboxylic acids is 1. The van der Waals surface area contributed by atoms with Crippen LogP contribution in [0.3, 0.4) is 0 Å². The first kappa shape index (κ1) is 33.9. The Bertz CT molecular complexity index is 1700. The van der Waals surface area contributed by atoms with Gasteiger partial charge in [-0.05, 0) is 79.6 Å². The molecule has 49 heavy (non-hydrogen) atoms. The Morgan fingerprint density at radius 2 is 1.84 bits per heavy atom. The van der Waals surface area contributed by atoms with Gasteiger partial charge in [-0.15, -0.1) is 10.2 Å². The SMILES string of the molecule is COC1CC(c2cc(NC3CCCC3)nc(N3Cc4c(cc(CN5CCN(C)C[C@@H]5C(C)C)cc4C(F)(F)F)C3=O)c2)(c2nncn2C)C1. The summed E-state index contributed by atoms with van der Waals surface area (Å²) in [6.45, 7) is 6.88. The maximum absolute atomic E-state index is 14.7. The van der Waals surface area contributed by atoms with Crippen molar-refractivity contribution in [2.24, 2.45) is 13.0 Å². The standard InChI is InChI=1S/C36H47F3N8O2/c1-22(2)30-20-44(3)10-11-46(30)18-23-12-27-28(29(13-23)36(37,38)39)19-47(33(27)48)32-15-24(14-31(42-32)41-25-8-6-7-9-25)35(16-26(17-35)49-5)34-43-40-21-45(34)4/h12-15,21-22,25-26,30H,6-11,16-20H2,1-5H3,(H,41,42)/t26?,30-,35?/m1/s1. The van der Waals surface area contributed by atoms with E-state index in [2.05, 4.69) is 46.2 Å². The van der Waals surface area contributed by atoms with Gasteiger partial charge in [-0.1, -0.05) is 26.7 Å². The summed E-state index contributed by atoms with van der Waals surface area (Å²) in [6.07, 6.45) is 2.64. The molecule has 0 unspecified atom stereocenters. The highest BCUT2D eigenvalue weighted by atomic mass is 19.4. The fourth-order valence-electron chi connectivity index (χ4n) is 8.48. The first-order valence-electron chi connectivity index (χ1n) is 17.5. The number of carbonyl (C=O) groups is 1. The second-order valence-electron chi connectivity index (χ2n) is 14.9. The zero-order valence-electron chi connectivity index (χ0n) is 29.1. The number of halogens is 3. The third-order valence-electron chi connectivity index (χ3n) is 11.3. The fourth-order valence-corrected chi connectivity index (χ4v) is 8.48. The van der Waals surface area contributed by atoms with Crippen molar-refractivity contribution in [3.63, 3.8) is 0 Å². The lowest BCUT2D eigenvalue weighted by Crippen LogP contribution is -2.53. The minimum absolute atomic E-state index is 0.00338. The number of amides is 1. The first-order chi connectivity index (χ1) is 23.4. The number of likely N-dealkylation sites (N-methyl/N-ethyl adjacent to an activating group) is 1. The Labute approximate surface area is 286 Å². The number of hydrogen-bond acceptors (Lipinski definition) is 8. The van der Waals surface area contributed by atoms with Crippen LogP contribution >= 0.6 is 0 Å². The monoisotopic (exact) mass is 680 g/mol. The number of anilines is 2. The van der Waals surface area contributed by atoms with Gasteiger partial charge in [0.1, 0.15) is 23.8 Å². The number of fused-ring (bicyclic) bond motifs is 1. The van der Waals surface area contributed by atoms with Crippen LogP contribution < -0.4 is 10.2 Å². The molecule has 1 amide bonds. The van der Waals surface area contributed by atoms with Crippen LogP contribution in [0, 0.1) is 5.92 Å². The Balaban J connectivity index is 1.27. The molecular weight excluding hydrogens is 633 g/mol. The fraction of sp³-hybridized carbons (Fsp3) is 0.611. The lowest BCUT2D eigenvalue weighted by atomic mass is 9.62. The molecule has 1 atom stereocenters. The molecule has 13 heteroatoms. The quantitative estimate of drug-likeness (QED) is 0.312. The predicted octanol–water partition coefficient (Wildman–Crippen LogP) is 5.61. The van der Waals surface area contributed by atoms with E-state index in [1.54, 1.807) is 19.5 Å². The molecule has 2 aliphatic carbocycles. The van der Waals surface area contributed by atoms with Crippen molar-refractivity contribution in [2.45, 2.75) is 95.2 Å². The number of alkyl halides is 3. The second kappa shape index (κ2) is 13.0. The Hall–Kier alpha value is -3.55. The Morgan fingerprint density at radius 1 is 1.08 bits per heavy atom. The molecule has 1 aromatic carbocycles. The summed E-state index contributed by atoms with van der Waals surface area (Å²) in [4.78, 5) is 25.1. The number of piperazine rings is 1. The minimum atomic E-state index is -4.61. The molecule has 0 bridgehead atoms. The molecule has 3 aromatic rings. The topological polar surface area (TPSA) is 91.7 Å². The van der Waals surface area contributed by atoms with Crippen LogP contribution in [0.1, 0.15) is 90.8 Å². The molecule has 7 rings (SSSR count). The molecule has 10 nitrogen and oxygen atoms in total. The number of benzene rings is 1. The van der Waals surface area contributed by atoms with Gasteiger partial charge in [0.25, 0.3) is 5.91 Å². The van der Waals surface area contributed by atoms with Crippen molar-refractivity contribution in [2.75, 3.05) is 44.0 Å². The van der Waals surface area contributed by atoms with Gasteiger partial charge in [0, 0.05) is 58.0 Å². The zero-order chi connectivity index (χ0) is 34.7. The highest BCUT2D eigenvalue weighted by molar-refractivity contribution is 6.10. The van der Waals surface area contributed by atoms with Gasteiger partial charge >= 0.3 is 6.18 Å². The molecule has 0 radical (unpaired) electrons.